The first-order valence-corrected chi connectivity index (χ1v) is 13.5. The Balaban J connectivity index is 0.00000148. The molecule has 1 aliphatic carbocycles. The summed E-state index contributed by atoms with van der Waals surface area (Å²) in [7, 11) is 0. The average Bonchev–Trinajstić information content (AvgIpc) is 3.34. The maximum Gasteiger partial charge on any atom is 0.0940 e. The Morgan fingerprint density at radius 1 is 0.917 bits per heavy atom. The second kappa shape index (κ2) is 12.0. The van der Waals surface area contributed by atoms with E-state index in [9.17, 15) is 0 Å². The van der Waals surface area contributed by atoms with E-state index in [0.717, 1.165) is 63.4 Å². The van der Waals surface area contributed by atoms with Crippen LogP contribution in [0.5, 0.6) is 0 Å². The molecule has 0 radical (unpaired) electrons. The van der Waals surface area contributed by atoms with Crippen molar-refractivity contribution in [2.75, 3.05) is 26.2 Å². The predicted octanol–water partition coefficient (Wildman–Crippen LogP) is 6.41. The third kappa shape index (κ3) is 5.21. The molecule has 3 aromatic carbocycles. The smallest absolute Gasteiger partial charge is 0.0940 e. The van der Waals surface area contributed by atoms with Gasteiger partial charge in [0.05, 0.1) is 11.2 Å². The van der Waals surface area contributed by atoms with E-state index in [1.807, 2.05) is 13.8 Å². The van der Waals surface area contributed by atoms with Crippen LogP contribution in [-0.4, -0.2) is 31.1 Å². The van der Waals surface area contributed by atoms with Crippen LogP contribution in [-0.2, 0) is 18.3 Å². The van der Waals surface area contributed by atoms with E-state index < -0.39 is 0 Å². The molecule has 3 heteroatoms. The molecule has 188 valence electrons. The summed E-state index contributed by atoms with van der Waals surface area (Å²) < 4.78 is 0. The van der Waals surface area contributed by atoms with Crippen LogP contribution in [0.25, 0.3) is 0 Å². The predicted molar refractivity (Wildman–Crippen MR) is 153 cm³/mol. The van der Waals surface area contributed by atoms with Crippen LogP contribution in [0.1, 0.15) is 54.5 Å². The fourth-order valence-electron chi connectivity index (χ4n) is 5.80. The Morgan fingerprint density at radius 3 is 2.14 bits per heavy atom. The molecular weight excluding hydrogens is 438 g/mol. The number of aryl methyl sites for hydroxylation is 1. The number of allylic oxidation sites excluding steroid dienone is 1. The molecule has 0 unspecified atom stereocenters. The molecule has 0 aromatic heterocycles. The van der Waals surface area contributed by atoms with Gasteiger partial charge in [0.15, 0.2) is 0 Å². The normalized spacial score (nSPS) is 15.2. The van der Waals surface area contributed by atoms with Crippen LogP contribution >= 0.6 is 0 Å². The van der Waals surface area contributed by atoms with Gasteiger partial charge in [-0.1, -0.05) is 106 Å². The first-order valence-electron chi connectivity index (χ1n) is 13.5. The number of hydrogen-bond donors (Lipinski definition) is 2. The standard InChI is InChI=1S/C31H35N3.C2H6/c1-24(32-19-21-34-22-20-33-25(34)2)31(18-10-13-26-11-4-3-5-12-26)29-16-8-6-14-27(29)23-28-15-7-9-17-30(28)31;1-2/h3-9,11-12,14-17,32-33H,1-2,10,13,18-23H2;1-2H3. The van der Waals surface area contributed by atoms with Crippen molar-refractivity contribution in [3.63, 3.8) is 0 Å². The van der Waals surface area contributed by atoms with Crippen molar-refractivity contribution in [1.82, 2.24) is 15.5 Å². The SMILES string of the molecule is C=C1NCCN1CCNC(=C)C1(CCCc2ccccc2)c2ccccc2Cc2ccccc21.CC. The van der Waals surface area contributed by atoms with E-state index in [4.69, 9.17) is 0 Å². The van der Waals surface area contributed by atoms with Gasteiger partial charge in [-0.25, -0.2) is 0 Å². The lowest BCUT2D eigenvalue weighted by Crippen LogP contribution is -2.42. The Bertz CT molecular complexity index is 1120. The zero-order valence-corrected chi connectivity index (χ0v) is 22.0. The zero-order chi connectivity index (χ0) is 25.4. The van der Waals surface area contributed by atoms with Crippen LogP contribution < -0.4 is 10.6 Å². The van der Waals surface area contributed by atoms with E-state index in [1.165, 1.54) is 27.8 Å². The Labute approximate surface area is 217 Å². The minimum Gasteiger partial charge on any atom is -0.386 e. The van der Waals surface area contributed by atoms with Crippen LogP contribution in [0.15, 0.2) is 104 Å². The zero-order valence-electron chi connectivity index (χ0n) is 22.0. The Hall–Kier alpha value is -3.46. The quantitative estimate of drug-likeness (QED) is 0.372. The highest BCUT2D eigenvalue weighted by Gasteiger charge is 2.42. The number of hydrogen-bond acceptors (Lipinski definition) is 3. The van der Waals surface area contributed by atoms with Crippen LogP contribution in [0.4, 0.5) is 0 Å². The highest BCUT2D eigenvalue weighted by Crippen LogP contribution is 2.48. The molecule has 0 atom stereocenters. The van der Waals surface area contributed by atoms with Crippen molar-refractivity contribution in [2.24, 2.45) is 0 Å². The number of nitrogens with zero attached hydrogens (tertiary/aromatic N) is 1. The van der Waals surface area contributed by atoms with Gasteiger partial charge in [0, 0.05) is 31.9 Å². The van der Waals surface area contributed by atoms with Crippen LogP contribution in [0.2, 0.25) is 0 Å². The fourth-order valence-corrected chi connectivity index (χ4v) is 5.80. The molecule has 1 saturated heterocycles. The van der Waals surface area contributed by atoms with Crippen molar-refractivity contribution in [3.05, 3.63) is 131 Å². The molecule has 2 aliphatic rings. The first kappa shape index (κ1) is 25.6. The van der Waals surface area contributed by atoms with Gasteiger partial charge in [-0.2, -0.15) is 0 Å². The van der Waals surface area contributed by atoms with Gasteiger partial charge < -0.3 is 15.5 Å². The Kier molecular flexibility index (Phi) is 8.53. The highest BCUT2D eigenvalue weighted by molar-refractivity contribution is 5.58. The monoisotopic (exact) mass is 479 g/mol. The number of benzene rings is 3. The minimum atomic E-state index is -0.236. The molecule has 0 amide bonds. The molecule has 0 saturated carbocycles. The third-order valence-corrected chi connectivity index (χ3v) is 7.52. The van der Waals surface area contributed by atoms with Crippen LogP contribution in [0, 0.1) is 0 Å². The summed E-state index contributed by atoms with van der Waals surface area (Å²) in [6, 6.07) is 28.8. The van der Waals surface area contributed by atoms with Gasteiger partial charge in [-0.15, -0.1) is 0 Å². The lowest BCUT2D eigenvalue weighted by molar-refractivity contribution is 0.386. The van der Waals surface area contributed by atoms with Gasteiger partial charge in [0.2, 0.25) is 0 Å². The third-order valence-electron chi connectivity index (χ3n) is 7.52. The van der Waals surface area contributed by atoms with E-state index in [1.54, 1.807) is 0 Å². The van der Waals surface area contributed by atoms with Gasteiger partial charge in [0.1, 0.15) is 0 Å². The molecule has 36 heavy (non-hydrogen) atoms. The van der Waals surface area contributed by atoms with Crippen LogP contribution in [0.3, 0.4) is 0 Å². The summed E-state index contributed by atoms with van der Waals surface area (Å²) in [6.07, 6.45) is 4.18. The minimum absolute atomic E-state index is 0.236. The molecule has 1 heterocycles. The largest absolute Gasteiger partial charge is 0.386 e. The van der Waals surface area contributed by atoms with Gasteiger partial charge in [-0.05, 0) is 53.5 Å². The lowest BCUT2D eigenvalue weighted by atomic mass is 9.62. The first-order chi connectivity index (χ1) is 17.7. The molecule has 3 aromatic rings. The van der Waals surface area contributed by atoms with E-state index >= 15 is 0 Å². The topological polar surface area (TPSA) is 27.3 Å². The van der Waals surface area contributed by atoms with Crippen molar-refractivity contribution < 1.29 is 0 Å². The molecule has 3 nitrogen and oxygen atoms in total. The molecule has 0 bridgehead atoms. The second-order valence-electron chi connectivity index (χ2n) is 9.50. The molecule has 1 fully saturated rings. The summed E-state index contributed by atoms with van der Waals surface area (Å²) in [5, 5.41) is 7.10. The average molecular weight is 480 g/mol. The highest BCUT2D eigenvalue weighted by atomic mass is 15.3. The maximum atomic E-state index is 4.69. The Morgan fingerprint density at radius 2 is 1.53 bits per heavy atom. The van der Waals surface area contributed by atoms with Gasteiger partial charge in [-0.3, -0.25) is 0 Å². The van der Waals surface area contributed by atoms with E-state index in [2.05, 4.69) is 108 Å². The summed E-state index contributed by atoms with van der Waals surface area (Å²) in [5.74, 6) is 1.03. The summed E-state index contributed by atoms with van der Waals surface area (Å²) in [4.78, 5) is 2.31. The van der Waals surface area contributed by atoms with Crippen molar-refractivity contribution in [1.29, 1.82) is 0 Å². The summed E-state index contributed by atoms with van der Waals surface area (Å²) in [5.41, 5.74) is 7.92. The maximum absolute atomic E-state index is 4.69. The summed E-state index contributed by atoms with van der Waals surface area (Å²) in [6.45, 7) is 16.6. The van der Waals surface area contributed by atoms with Gasteiger partial charge >= 0.3 is 0 Å². The number of nitrogens with one attached hydrogen (secondary N) is 2. The molecule has 5 rings (SSSR count). The van der Waals surface area contributed by atoms with Crippen molar-refractivity contribution in [2.45, 2.75) is 44.9 Å². The van der Waals surface area contributed by atoms with Gasteiger partial charge in [0.25, 0.3) is 0 Å². The van der Waals surface area contributed by atoms with Crippen molar-refractivity contribution >= 4 is 0 Å². The number of rotatable bonds is 9. The van der Waals surface area contributed by atoms with E-state index in [0.29, 0.717) is 0 Å². The molecular formula is C33H41N3. The fraction of sp³-hybridized carbons (Fsp3) is 0.333. The molecule has 1 aliphatic heterocycles. The number of fused-ring (bicyclic) bond motifs is 2. The summed E-state index contributed by atoms with van der Waals surface area (Å²) >= 11 is 0. The van der Waals surface area contributed by atoms with E-state index in [-0.39, 0.29) is 5.41 Å². The molecule has 2 N–H and O–H groups in total. The van der Waals surface area contributed by atoms with Crippen molar-refractivity contribution in [3.8, 4) is 0 Å². The second-order valence-corrected chi connectivity index (χ2v) is 9.50. The molecule has 0 spiro atoms. The lowest BCUT2D eigenvalue weighted by Gasteiger charge is -2.43.